The lowest BCUT2D eigenvalue weighted by atomic mass is 9.47. The van der Waals surface area contributed by atoms with Crippen molar-refractivity contribution in [3.05, 3.63) is 0 Å². The number of carbonyl (C=O) groups is 7. The molecule has 17 nitrogen and oxygen atoms in total. The number of rotatable bonds is 21. The molecule has 0 radical (unpaired) electrons. The molecule has 11 rings (SSSR count). The molecule has 516 valence electrons. The molecule has 2 heterocycles. The van der Waals surface area contributed by atoms with E-state index in [4.69, 9.17) is 37.3 Å². The SMILES string of the molecule is CCC(C)(C)C(=O)OC1(C(C)C)C2CC3CC(C2)CC1C3.CCC(C)(C)C(=O)OC1(C(C)C)CCCC1.CCC(C)(C)C(=O)OC1C2CC3C(=O)OC1C3C2.CCC(C)(C)C(=O)OCC(=O)OC1C2CC3C1OS(=O)(=O)C3C2.CCCCOC(=O)C(C)(C)CC. The van der Waals surface area contributed by atoms with Gasteiger partial charge in [-0.15, -0.1) is 0 Å². The van der Waals surface area contributed by atoms with E-state index in [-0.39, 0.29) is 87.3 Å². The predicted molar refractivity (Wildman–Crippen MR) is 343 cm³/mol. The van der Waals surface area contributed by atoms with Crippen molar-refractivity contribution in [2.75, 3.05) is 13.2 Å². The van der Waals surface area contributed by atoms with Gasteiger partial charge < -0.3 is 33.2 Å². The van der Waals surface area contributed by atoms with Crippen LogP contribution in [0.4, 0.5) is 0 Å². The molecule has 0 spiro atoms. The first-order valence-electron chi connectivity index (χ1n) is 35.1. The van der Waals surface area contributed by atoms with Crippen molar-refractivity contribution in [3.63, 3.8) is 0 Å². The third-order valence-electron chi connectivity index (χ3n) is 24.0. The van der Waals surface area contributed by atoms with Crippen molar-refractivity contribution in [3.8, 4) is 0 Å². The van der Waals surface area contributed by atoms with Crippen molar-refractivity contribution in [1.82, 2.24) is 0 Å². The predicted octanol–water partition coefficient (Wildman–Crippen LogP) is 14.4. The van der Waals surface area contributed by atoms with Crippen LogP contribution < -0.4 is 0 Å². The topological polar surface area (TPSA) is 227 Å². The number of hydrogen-bond acceptors (Lipinski definition) is 17. The molecule has 0 aromatic rings. The van der Waals surface area contributed by atoms with Gasteiger partial charge in [0.15, 0.2) is 6.61 Å². The van der Waals surface area contributed by atoms with Gasteiger partial charge in [0.05, 0.1) is 44.8 Å². The molecule has 9 aliphatic carbocycles. The first-order valence-corrected chi connectivity index (χ1v) is 36.6. The van der Waals surface area contributed by atoms with Crippen LogP contribution in [0.5, 0.6) is 0 Å². The summed E-state index contributed by atoms with van der Waals surface area (Å²) in [6.45, 7) is 40.1. The summed E-state index contributed by atoms with van der Waals surface area (Å²) in [7, 11) is -3.53. The summed E-state index contributed by atoms with van der Waals surface area (Å²) in [6.07, 6.45) is 18.5. The van der Waals surface area contributed by atoms with Crippen LogP contribution >= 0.6 is 0 Å². The van der Waals surface area contributed by atoms with Crippen LogP contribution in [0.25, 0.3) is 0 Å². The Kier molecular flexibility index (Phi) is 24.6. The standard InChI is InChI=1S/C19H32O2.C15H22O7S.C14H20O4.C14H26O2.C10H20O2/c1-6-18(4,5)17(20)21-19(12(2)3)15-8-13-7-14(10-15)11-16(19)9-13;1-4-15(2,3)14(17)20-7-11(16)21-12-8-5-9-10(6-8)23(18,19)22-13(9)12;1-4-14(2,3)13(16)18-10-7-5-8-9(6-7)12(15)17-11(8)10;1-6-13(4,5)12(15)16-14(11(2)3)9-7-8-10-14;1-5-7-8-12-9(11)10(3,4)6-2/h12-16H,6-11H2,1-5H3;8-10,12-13H,4-7H2,1-3H3;7-11H,4-6H2,1-3H3;11H,6-10H2,1-5H3;5-8H2,1-4H3. The summed E-state index contributed by atoms with van der Waals surface area (Å²) in [5, 5.41) is -0.448. The highest BCUT2D eigenvalue weighted by Gasteiger charge is 2.66. The molecule has 0 aromatic carbocycles. The van der Waals surface area contributed by atoms with Gasteiger partial charge in [-0.3, -0.25) is 33.0 Å². The van der Waals surface area contributed by atoms with E-state index < -0.39 is 57.0 Å². The molecule has 11 fully saturated rings. The summed E-state index contributed by atoms with van der Waals surface area (Å²) in [5.74, 6) is 3.13. The molecular weight excluding hydrogens is 1170 g/mol. The molecule has 11 aliphatic rings. The van der Waals surface area contributed by atoms with E-state index in [0.29, 0.717) is 61.4 Å². The normalized spacial score (nSPS) is 32.4. The van der Waals surface area contributed by atoms with Crippen LogP contribution in [-0.2, 0) is 81.0 Å². The van der Waals surface area contributed by atoms with Gasteiger partial charge >= 0.3 is 41.8 Å². The summed E-state index contributed by atoms with van der Waals surface area (Å²) in [4.78, 5) is 83.8. The zero-order valence-electron chi connectivity index (χ0n) is 59.1. The second-order valence-electron chi connectivity index (χ2n) is 32.5. The maximum atomic E-state index is 12.8. The Balaban J connectivity index is 0.000000182. The van der Waals surface area contributed by atoms with Crippen LogP contribution in [0.15, 0.2) is 0 Å². The van der Waals surface area contributed by atoms with Crippen LogP contribution in [0.2, 0.25) is 0 Å². The van der Waals surface area contributed by atoms with Crippen LogP contribution in [0, 0.1) is 92.2 Å². The van der Waals surface area contributed by atoms with Crippen molar-refractivity contribution in [2.45, 2.75) is 308 Å². The highest BCUT2D eigenvalue weighted by Crippen LogP contribution is 2.62. The molecule has 8 bridgehead atoms. The molecule has 0 N–H and O–H groups in total. The van der Waals surface area contributed by atoms with Crippen LogP contribution in [0.3, 0.4) is 0 Å². The minimum atomic E-state index is -3.53. The Morgan fingerprint density at radius 3 is 1.48 bits per heavy atom. The lowest BCUT2D eigenvalue weighted by Crippen LogP contribution is -2.63. The van der Waals surface area contributed by atoms with Gasteiger partial charge in [0.2, 0.25) is 0 Å². The lowest BCUT2D eigenvalue weighted by Gasteiger charge is -2.62. The van der Waals surface area contributed by atoms with Gasteiger partial charge in [-0.05, 0) is 227 Å². The Hall–Kier alpha value is -3.80. The Labute approximate surface area is 541 Å². The number of carbonyl (C=O) groups excluding carboxylic acids is 7. The van der Waals surface area contributed by atoms with Crippen molar-refractivity contribution >= 4 is 51.9 Å². The molecular formula is C72H120O17S. The van der Waals surface area contributed by atoms with Gasteiger partial charge in [0, 0.05) is 23.7 Å². The van der Waals surface area contributed by atoms with E-state index in [9.17, 15) is 42.0 Å². The van der Waals surface area contributed by atoms with E-state index in [2.05, 4.69) is 41.5 Å². The average molecular weight is 1290 g/mol. The zero-order chi connectivity index (χ0) is 67.5. The highest BCUT2D eigenvalue weighted by molar-refractivity contribution is 7.87. The summed E-state index contributed by atoms with van der Waals surface area (Å²) in [6, 6.07) is 0. The van der Waals surface area contributed by atoms with E-state index in [0.717, 1.165) is 76.0 Å². The quantitative estimate of drug-likeness (QED) is 0.0450. The fourth-order valence-corrected chi connectivity index (χ4v) is 17.5. The molecule has 18 heteroatoms. The molecule has 0 amide bonds. The minimum Gasteiger partial charge on any atom is -0.465 e. The number of unbranched alkanes of at least 4 members (excludes halogenated alkanes) is 1. The fraction of sp³-hybridized carbons (Fsp3) is 0.903. The zero-order valence-corrected chi connectivity index (χ0v) is 60.0. The molecule has 9 saturated carbocycles. The molecule has 2 saturated heterocycles. The highest BCUT2D eigenvalue weighted by atomic mass is 32.2. The Bertz CT molecular complexity index is 2600. The number of esters is 7. The van der Waals surface area contributed by atoms with Gasteiger partial charge in [0.25, 0.3) is 10.1 Å². The second-order valence-corrected chi connectivity index (χ2v) is 34.3. The molecule has 0 aromatic heterocycles. The first kappa shape index (κ1) is 75.2. The van der Waals surface area contributed by atoms with Gasteiger partial charge in [0.1, 0.15) is 35.6 Å². The second kappa shape index (κ2) is 29.5. The number of fused-ring (bicyclic) bond motifs is 2. The van der Waals surface area contributed by atoms with E-state index >= 15 is 0 Å². The van der Waals surface area contributed by atoms with E-state index in [1.807, 2.05) is 83.1 Å². The molecule has 2 aliphatic heterocycles. The lowest BCUT2D eigenvalue weighted by molar-refractivity contribution is -0.231. The minimum absolute atomic E-state index is 0.0130. The molecule has 90 heavy (non-hydrogen) atoms. The maximum Gasteiger partial charge on any atom is 0.344 e. The van der Waals surface area contributed by atoms with Crippen LogP contribution in [0.1, 0.15) is 267 Å². The molecule has 10 atom stereocenters. The average Bonchev–Trinajstić information content (AvgIpc) is 1.17. The van der Waals surface area contributed by atoms with Gasteiger partial charge in [-0.2, -0.15) is 8.42 Å². The smallest absolute Gasteiger partial charge is 0.344 e. The van der Waals surface area contributed by atoms with Crippen LogP contribution in [-0.4, -0.2) is 104 Å². The number of ether oxygens (including phenoxy) is 7. The van der Waals surface area contributed by atoms with Gasteiger partial charge in [-0.1, -0.05) is 75.7 Å². The Morgan fingerprint density at radius 2 is 0.989 bits per heavy atom. The summed E-state index contributed by atoms with van der Waals surface area (Å²) < 4.78 is 67.6. The van der Waals surface area contributed by atoms with Crippen molar-refractivity contribution in [1.29, 1.82) is 0 Å². The third kappa shape index (κ3) is 16.3. The van der Waals surface area contributed by atoms with E-state index in [1.165, 1.54) is 44.9 Å². The van der Waals surface area contributed by atoms with Gasteiger partial charge in [-0.25, -0.2) is 4.79 Å². The fourth-order valence-electron chi connectivity index (χ4n) is 15.7. The summed E-state index contributed by atoms with van der Waals surface area (Å²) >= 11 is 0. The maximum absolute atomic E-state index is 12.8. The Morgan fingerprint density at radius 1 is 0.533 bits per heavy atom. The largest absolute Gasteiger partial charge is 0.465 e. The van der Waals surface area contributed by atoms with Crippen molar-refractivity contribution < 1.29 is 79.3 Å². The van der Waals surface area contributed by atoms with E-state index in [1.54, 1.807) is 13.8 Å². The third-order valence-corrected chi connectivity index (χ3v) is 25.7. The van der Waals surface area contributed by atoms with Crippen molar-refractivity contribution in [2.24, 2.45) is 92.2 Å². The first-order chi connectivity index (χ1) is 41.8. The molecule has 10 unspecified atom stereocenters. The summed E-state index contributed by atoms with van der Waals surface area (Å²) in [5.41, 5.74) is -2.46. The number of hydrogen-bond donors (Lipinski definition) is 0. The monoisotopic (exact) mass is 1290 g/mol.